The number of nitrogens with zero attached hydrogens (tertiary/aromatic N) is 1. The number of amides is 1. The van der Waals surface area contributed by atoms with E-state index in [1.54, 1.807) is 0 Å². The van der Waals surface area contributed by atoms with Gasteiger partial charge in [-0.15, -0.1) is 6.42 Å². The first kappa shape index (κ1) is 27.4. The average molecular weight is 458 g/mol. The van der Waals surface area contributed by atoms with Crippen molar-refractivity contribution >= 4 is 23.8 Å². The topological polar surface area (TPSA) is 126 Å². The molecule has 1 rings (SSSR count). The third kappa shape index (κ3) is 9.21. The van der Waals surface area contributed by atoms with Crippen molar-refractivity contribution in [2.24, 2.45) is 0 Å². The van der Waals surface area contributed by atoms with E-state index in [9.17, 15) is 19.2 Å². The second-order valence-electron chi connectivity index (χ2n) is 8.11. The summed E-state index contributed by atoms with van der Waals surface area (Å²) in [5.74, 6) is 0.246. The molecular formula is C21H33N2O9+. The molecule has 0 aliphatic carbocycles. The van der Waals surface area contributed by atoms with Crippen molar-refractivity contribution in [3.63, 3.8) is 0 Å². The number of esters is 3. The van der Waals surface area contributed by atoms with Crippen LogP contribution in [-0.2, 0) is 42.9 Å². The first-order valence-electron chi connectivity index (χ1n) is 10.1. The van der Waals surface area contributed by atoms with E-state index in [1.807, 2.05) is 14.1 Å². The highest BCUT2D eigenvalue weighted by Crippen LogP contribution is 2.28. The van der Waals surface area contributed by atoms with Crippen LogP contribution in [0.5, 0.6) is 0 Å². The summed E-state index contributed by atoms with van der Waals surface area (Å²) in [5, 5.41) is 2.65. The smallest absolute Gasteiger partial charge is 0.303 e. The predicted molar refractivity (Wildman–Crippen MR) is 111 cm³/mol. The molecule has 0 aromatic heterocycles. The lowest BCUT2D eigenvalue weighted by Gasteiger charge is -2.45. The lowest BCUT2D eigenvalue weighted by atomic mass is 9.96. The van der Waals surface area contributed by atoms with E-state index < -0.39 is 54.5 Å². The molecule has 0 saturated carbocycles. The predicted octanol–water partition coefficient (Wildman–Crippen LogP) is -0.631. The van der Waals surface area contributed by atoms with Gasteiger partial charge >= 0.3 is 17.9 Å². The van der Waals surface area contributed by atoms with Gasteiger partial charge in [0.05, 0.1) is 20.7 Å². The fraction of sp³-hybridized carbons (Fsp3) is 0.714. The lowest BCUT2D eigenvalue weighted by molar-refractivity contribution is -0.883. The van der Waals surface area contributed by atoms with Gasteiger partial charge in [0.15, 0.2) is 18.5 Å². The van der Waals surface area contributed by atoms with Gasteiger partial charge in [-0.3, -0.25) is 19.2 Å². The summed E-state index contributed by atoms with van der Waals surface area (Å²) in [4.78, 5) is 46.7. The van der Waals surface area contributed by atoms with E-state index in [2.05, 4.69) is 11.2 Å². The van der Waals surface area contributed by atoms with Crippen LogP contribution < -0.4 is 5.32 Å². The van der Waals surface area contributed by atoms with Crippen molar-refractivity contribution < 1.29 is 47.3 Å². The van der Waals surface area contributed by atoms with Crippen LogP contribution >= 0.6 is 0 Å². The first-order chi connectivity index (χ1) is 14.9. The maximum Gasteiger partial charge on any atom is 0.303 e. The van der Waals surface area contributed by atoms with Gasteiger partial charge < -0.3 is 33.5 Å². The number of ether oxygens (including phenoxy) is 5. The highest BCUT2D eigenvalue weighted by molar-refractivity contribution is 5.73. The largest absolute Gasteiger partial charge is 0.463 e. The average Bonchev–Trinajstić information content (AvgIpc) is 2.63. The molecule has 1 saturated heterocycles. The van der Waals surface area contributed by atoms with Crippen LogP contribution in [0.4, 0.5) is 0 Å². The van der Waals surface area contributed by atoms with Crippen LogP contribution in [0.1, 0.15) is 27.7 Å². The van der Waals surface area contributed by atoms with Crippen LogP contribution in [0.25, 0.3) is 0 Å². The molecule has 0 spiro atoms. The lowest BCUT2D eigenvalue weighted by Crippen LogP contribution is -2.66. The van der Waals surface area contributed by atoms with Crippen LogP contribution in [0, 0.1) is 12.3 Å². The Labute approximate surface area is 188 Å². The molecule has 5 atom stereocenters. The van der Waals surface area contributed by atoms with Crippen LogP contribution in [-0.4, -0.2) is 99.3 Å². The maximum absolute atomic E-state index is 11.9. The van der Waals surface area contributed by atoms with Crippen LogP contribution in [0.2, 0.25) is 0 Å². The summed E-state index contributed by atoms with van der Waals surface area (Å²) < 4.78 is 28.1. The van der Waals surface area contributed by atoms with Gasteiger partial charge in [-0.25, -0.2) is 0 Å². The number of quaternary nitrogens is 1. The zero-order valence-electron chi connectivity index (χ0n) is 19.4. The minimum absolute atomic E-state index is 0.195. The van der Waals surface area contributed by atoms with Crippen molar-refractivity contribution in [3.05, 3.63) is 0 Å². The molecule has 0 unspecified atom stereocenters. The first-order valence-corrected chi connectivity index (χ1v) is 10.1. The van der Waals surface area contributed by atoms with E-state index in [1.165, 1.54) is 27.7 Å². The Morgan fingerprint density at radius 2 is 1.59 bits per heavy atom. The Morgan fingerprint density at radius 1 is 1.00 bits per heavy atom. The monoisotopic (exact) mass is 457 g/mol. The van der Waals surface area contributed by atoms with Crippen molar-refractivity contribution in [3.8, 4) is 12.3 Å². The molecule has 1 aliphatic heterocycles. The molecule has 1 heterocycles. The summed E-state index contributed by atoms with van der Waals surface area (Å²) in [6, 6.07) is -0.988. The second kappa shape index (κ2) is 12.4. The quantitative estimate of drug-likeness (QED) is 0.197. The summed E-state index contributed by atoms with van der Waals surface area (Å²) in [5.41, 5.74) is 0. The third-order valence-electron chi connectivity index (χ3n) is 4.57. The summed E-state index contributed by atoms with van der Waals surface area (Å²) in [6.07, 6.45) is 1.01. The highest BCUT2D eigenvalue weighted by Gasteiger charge is 2.51. The number of hydrogen-bond donors (Lipinski definition) is 1. The Kier molecular flexibility index (Phi) is 10.6. The van der Waals surface area contributed by atoms with E-state index in [-0.39, 0.29) is 13.2 Å². The zero-order chi connectivity index (χ0) is 24.5. The number of terminal acetylenes is 1. The van der Waals surface area contributed by atoms with Crippen molar-refractivity contribution in [1.82, 2.24) is 5.32 Å². The highest BCUT2D eigenvalue weighted by atomic mass is 16.7. The normalized spacial score (nSPS) is 25.2. The molecule has 0 aromatic carbocycles. The number of carbonyl (C=O) groups excluding carboxylic acids is 4. The number of carbonyl (C=O) groups is 4. The van der Waals surface area contributed by atoms with Gasteiger partial charge in [-0.2, -0.15) is 0 Å². The van der Waals surface area contributed by atoms with Crippen LogP contribution in [0.15, 0.2) is 0 Å². The zero-order valence-corrected chi connectivity index (χ0v) is 19.4. The molecular weight excluding hydrogens is 424 g/mol. The van der Waals surface area contributed by atoms with E-state index in [4.69, 9.17) is 30.1 Å². The second-order valence-corrected chi connectivity index (χ2v) is 8.11. The molecule has 11 heteroatoms. The van der Waals surface area contributed by atoms with Gasteiger partial charge in [0.1, 0.15) is 31.8 Å². The molecule has 1 amide bonds. The fourth-order valence-electron chi connectivity index (χ4n) is 3.18. The Hall–Kier alpha value is -2.68. The Morgan fingerprint density at radius 3 is 2.09 bits per heavy atom. The SMILES string of the molecule is C#CC[N+](C)(C)CCO[C@@H]1O[C@H](COC(C)=O)[C@@H](OC(C)=O)[C@H](OC(C)=O)[C@H]1NC(C)=O. The molecule has 0 aromatic rings. The molecule has 1 N–H and O–H groups in total. The molecule has 180 valence electrons. The Balaban J connectivity index is 3.21. The third-order valence-corrected chi connectivity index (χ3v) is 4.57. The van der Waals surface area contributed by atoms with Crippen molar-refractivity contribution in [2.45, 2.75) is 58.3 Å². The van der Waals surface area contributed by atoms with E-state index in [0.717, 1.165) is 0 Å². The number of likely N-dealkylation sites (N-methyl/N-ethyl adjacent to an activating group) is 1. The van der Waals surface area contributed by atoms with Gasteiger partial charge in [-0.05, 0) is 5.92 Å². The molecule has 11 nitrogen and oxygen atoms in total. The molecule has 0 radical (unpaired) electrons. The van der Waals surface area contributed by atoms with Crippen LogP contribution in [0.3, 0.4) is 0 Å². The molecule has 0 bridgehead atoms. The minimum Gasteiger partial charge on any atom is -0.463 e. The minimum atomic E-state index is -1.15. The summed E-state index contributed by atoms with van der Waals surface area (Å²) in [6.45, 7) is 5.77. The Bertz CT molecular complexity index is 731. The maximum atomic E-state index is 11.9. The number of nitrogens with one attached hydrogen (secondary N) is 1. The summed E-state index contributed by atoms with van der Waals surface area (Å²) in [7, 11) is 3.86. The van der Waals surface area contributed by atoms with Gasteiger partial charge in [0, 0.05) is 27.7 Å². The van der Waals surface area contributed by atoms with Gasteiger partial charge in [0.25, 0.3) is 0 Å². The molecule has 1 fully saturated rings. The summed E-state index contributed by atoms with van der Waals surface area (Å²) >= 11 is 0. The van der Waals surface area contributed by atoms with Gasteiger partial charge in [0.2, 0.25) is 5.91 Å². The van der Waals surface area contributed by atoms with E-state index >= 15 is 0 Å². The molecule has 1 aliphatic rings. The molecule has 32 heavy (non-hydrogen) atoms. The van der Waals surface area contributed by atoms with Crippen molar-refractivity contribution in [1.29, 1.82) is 0 Å². The van der Waals surface area contributed by atoms with Crippen molar-refractivity contribution in [2.75, 3.05) is 40.4 Å². The fourth-order valence-corrected chi connectivity index (χ4v) is 3.18. The standard InChI is InChI=1S/C21H32N2O9/c1-8-9-23(6,7)10-11-28-21-18(22-13(2)24)20(31-16(5)27)19(30-15(4)26)17(32-21)12-29-14(3)25/h1,17-21H,9-12H2,2-7H3/p+1/t17-,18-,19-,20-,21-/m1/s1. The number of hydrogen-bond acceptors (Lipinski definition) is 9. The van der Waals surface area contributed by atoms with Gasteiger partial charge in [-0.1, -0.05) is 0 Å². The van der Waals surface area contributed by atoms with E-state index in [0.29, 0.717) is 17.6 Å². The number of rotatable bonds is 10.